The third-order valence-corrected chi connectivity index (χ3v) is 3.71. The van der Waals surface area contributed by atoms with Gasteiger partial charge in [-0.1, -0.05) is 18.2 Å². The van der Waals surface area contributed by atoms with Crippen molar-refractivity contribution < 1.29 is 9.53 Å². The van der Waals surface area contributed by atoms with E-state index in [1.54, 1.807) is 4.90 Å². The molecule has 1 atom stereocenters. The van der Waals surface area contributed by atoms with Crippen molar-refractivity contribution in [3.63, 3.8) is 0 Å². The Bertz CT molecular complexity index is 628. The smallest absolute Gasteiger partial charge is 0.209 e. The fourth-order valence-corrected chi connectivity index (χ4v) is 2.68. The molecule has 1 amide bonds. The van der Waals surface area contributed by atoms with Crippen LogP contribution in [-0.4, -0.2) is 29.4 Å². The largest absolute Gasteiger partial charge is 0.457 e. The maximum absolute atomic E-state index is 10.8. The van der Waals surface area contributed by atoms with Crippen molar-refractivity contribution in [2.24, 2.45) is 0 Å². The molecule has 1 aliphatic rings. The van der Waals surface area contributed by atoms with E-state index in [1.807, 2.05) is 49.4 Å². The molecular formula is C17H18N2O2. The fraction of sp³-hybridized carbons (Fsp3) is 0.294. The lowest BCUT2D eigenvalue weighted by Crippen LogP contribution is -2.17. The van der Waals surface area contributed by atoms with Crippen LogP contribution < -0.4 is 4.74 Å². The van der Waals surface area contributed by atoms with E-state index in [4.69, 9.17) is 4.74 Å². The fourth-order valence-electron chi connectivity index (χ4n) is 2.68. The van der Waals surface area contributed by atoms with Crippen LogP contribution in [0.5, 0.6) is 11.5 Å². The van der Waals surface area contributed by atoms with Crippen LogP contribution in [0.3, 0.4) is 0 Å². The third kappa shape index (κ3) is 3.21. The highest BCUT2D eigenvalue weighted by Crippen LogP contribution is 2.29. The Morgan fingerprint density at radius 1 is 1.24 bits per heavy atom. The molecular weight excluding hydrogens is 264 g/mol. The molecule has 0 aliphatic carbocycles. The minimum Gasteiger partial charge on any atom is -0.457 e. The lowest BCUT2D eigenvalue weighted by molar-refractivity contribution is -0.117. The van der Waals surface area contributed by atoms with Crippen molar-refractivity contribution in [1.82, 2.24) is 9.88 Å². The van der Waals surface area contributed by atoms with Gasteiger partial charge in [0.15, 0.2) is 0 Å². The summed E-state index contributed by atoms with van der Waals surface area (Å²) in [7, 11) is 0. The molecule has 108 valence electrons. The summed E-state index contributed by atoms with van der Waals surface area (Å²) in [5, 5.41) is 0. The normalized spacial score (nSPS) is 17.8. The third-order valence-electron chi connectivity index (χ3n) is 3.71. The Labute approximate surface area is 124 Å². The summed E-state index contributed by atoms with van der Waals surface area (Å²) in [6.07, 6.45) is 1.87. The maximum Gasteiger partial charge on any atom is 0.209 e. The number of para-hydroxylation sites is 1. The highest BCUT2D eigenvalue weighted by Gasteiger charge is 2.24. The second-order valence-corrected chi connectivity index (χ2v) is 5.37. The molecule has 2 aromatic rings. The van der Waals surface area contributed by atoms with Crippen LogP contribution in [0.25, 0.3) is 0 Å². The van der Waals surface area contributed by atoms with Gasteiger partial charge in [-0.25, -0.2) is 0 Å². The molecule has 0 saturated carbocycles. The number of hydrogen-bond donors (Lipinski definition) is 0. The Morgan fingerprint density at radius 2 is 2.05 bits per heavy atom. The number of carbonyl (C=O) groups excluding carboxylic acids is 1. The molecule has 0 radical (unpaired) electrons. The number of benzene rings is 1. The van der Waals surface area contributed by atoms with Crippen molar-refractivity contribution >= 4 is 6.41 Å². The average Bonchev–Trinajstić information content (AvgIpc) is 2.97. The lowest BCUT2D eigenvalue weighted by atomic mass is 10.0. The van der Waals surface area contributed by atoms with Gasteiger partial charge in [0.25, 0.3) is 0 Å². The van der Waals surface area contributed by atoms with E-state index >= 15 is 0 Å². The van der Waals surface area contributed by atoms with Gasteiger partial charge in [0.2, 0.25) is 6.41 Å². The van der Waals surface area contributed by atoms with Crippen LogP contribution in [0.4, 0.5) is 0 Å². The van der Waals surface area contributed by atoms with Gasteiger partial charge in [-0.15, -0.1) is 0 Å². The molecule has 4 heteroatoms. The monoisotopic (exact) mass is 282 g/mol. The van der Waals surface area contributed by atoms with E-state index < -0.39 is 0 Å². The molecule has 1 aliphatic heterocycles. The molecule has 3 rings (SSSR count). The minimum absolute atomic E-state index is 0.299. The van der Waals surface area contributed by atoms with Crippen LogP contribution in [-0.2, 0) is 4.79 Å². The number of ether oxygens (including phenoxy) is 1. The highest BCUT2D eigenvalue weighted by atomic mass is 16.5. The van der Waals surface area contributed by atoms with Crippen molar-refractivity contribution in [2.75, 3.05) is 13.1 Å². The Balaban J connectivity index is 1.81. The van der Waals surface area contributed by atoms with Gasteiger partial charge >= 0.3 is 0 Å². The first-order chi connectivity index (χ1) is 10.2. The number of aryl methyl sites for hydroxylation is 1. The summed E-state index contributed by atoms with van der Waals surface area (Å²) in [5.41, 5.74) is 1.94. The summed E-state index contributed by atoms with van der Waals surface area (Å²) in [6.45, 7) is 3.51. The van der Waals surface area contributed by atoms with Gasteiger partial charge in [0.05, 0.1) is 0 Å². The Kier molecular flexibility index (Phi) is 3.86. The zero-order chi connectivity index (χ0) is 14.7. The molecule has 0 N–H and O–H groups in total. The van der Waals surface area contributed by atoms with E-state index in [0.717, 1.165) is 48.8 Å². The SMILES string of the molecule is Cc1cc(Oc2ccccc2)cc(C2CCN(C=O)C2)n1. The minimum atomic E-state index is 0.299. The Morgan fingerprint density at radius 3 is 2.76 bits per heavy atom. The van der Waals surface area contributed by atoms with Crippen molar-refractivity contribution in [1.29, 1.82) is 0 Å². The molecule has 0 spiro atoms. The number of aromatic nitrogens is 1. The second kappa shape index (κ2) is 5.95. The highest BCUT2D eigenvalue weighted by molar-refractivity contribution is 5.48. The van der Waals surface area contributed by atoms with Crippen LogP contribution >= 0.6 is 0 Å². The predicted molar refractivity (Wildman–Crippen MR) is 80.5 cm³/mol. The molecule has 1 unspecified atom stereocenters. The summed E-state index contributed by atoms with van der Waals surface area (Å²) in [4.78, 5) is 17.2. The van der Waals surface area contributed by atoms with Crippen LogP contribution in [0.2, 0.25) is 0 Å². The topological polar surface area (TPSA) is 42.4 Å². The molecule has 1 aromatic heterocycles. The number of hydrogen-bond acceptors (Lipinski definition) is 3. The molecule has 1 aromatic carbocycles. The summed E-state index contributed by atoms with van der Waals surface area (Å²) >= 11 is 0. The molecule has 1 fully saturated rings. The zero-order valence-corrected chi connectivity index (χ0v) is 12.0. The predicted octanol–water partition coefficient (Wildman–Crippen LogP) is 3.13. The number of amides is 1. The first-order valence-electron chi connectivity index (χ1n) is 7.15. The first-order valence-corrected chi connectivity index (χ1v) is 7.15. The van der Waals surface area contributed by atoms with Crippen LogP contribution in [0, 0.1) is 6.92 Å². The van der Waals surface area contributed by atoms with Gasteiger partial charge in [-0.2, -0.15) is 0 Å². The summed E-state index contributed by atoms with van der Waals surface area (Å²) < 4.78 is 5.89. The Hall–Kier alpha value is -2.36. The van der Waals surface area contributed by atoms with E-state index in [-0.39, 0.29) is 0 Å². The van der Waals surface area contributed by atoms with Crippen molar-refractivity contribution in [2.45, 2.75) is 19.3 Å². The summed E-state index contributed by atoms with van der Waals surface area (Å²) in [5.74, 6) is 1.91. The van der Waals surface area contributed by atoms with Gasteiger partial charge in [-0.05, 0) is 25.5 Å². The van der Waals surface area contributed by atoms with Gasteiger partial charge in [-0.3, -0.25) is 9.78 Å². The lowest BCUT2D eigenvalue weighted by Gasteiger charge is -2.13. The van der Waals surface area contributed by atoms with Crippen LogP contribution in [0.15, 0.2) is 42.5 Å². The quantitative estimate of drug-likeness (QED) is 0.809. The van der Waals surface area contributed by atoms with E-state index in [0.29, 0.717) is 5.92 Å². The molecule has 1 saturated heterocycles. The second-order valence-electron chi connectivity index (χ2n) is 5.37. The van der Waals surface area contributed by atoms with Crippen LogP contribution in [0.1, 0.15) is 23.7 Å². The molecule has 2 heterocycles. The van der Waals surface area contributed by atoms with Gasteiger partial charge in [0, 0.05) is 42.5 Å². The average molecular weight is 282 g/mol. The standard InChI is InChI=1S/C17H18N2O2/c1-13-9-16(21-15-5-3-2-4-6-15)10-17(18-13)14-7-8-19(11-14)12-20/h2-6,9-10,12,14H,7-8,11H2,1H3. The van der Waals surface area contributed by atoms with E-state index in [9.17, 15) is 4.79 Å². The van der Waals surface area contributed by atoms with Gasteiger partial charge < -0.3 is 9.64 Å². The molecule has 21 heavy (non-hydrogen) atoms. The van der Waals surface area contributed by atoms with Crippen molar-refractivity contribution in [3.8, 4) is 11.5 Å². The number of carbonyl (C=O) groups is 1. The number of pyridine rings is 1. The van der Waals surface area contributed by atoms with E-state index in [1.165, 1.54) is 0 Å². The maximum atomic E-state index is 10.8. The van der Waals surface area contributed by atoms with Crippen molar-refractivity contribution in [3.05, 3.63) is 53.9 Å². The number of nitrogens with zero attached hydrogens (tertiary/aromatic N) is 2. The number of likely N-dealkylation sites (tertiary alicyclic amines) is 1. The van der Waals surface area contributed by atoms with Gasteiger partial charge in [0.1, 0.15) is 11.5 Å². The molecule has 0 bridgehead atoms. The molecule has 4 nitrogen and oxygen atoms in total. The zero-order valence-electron chi connectivity index (χ0n) is 12.0. The number of rotatable bonds is 4. The first kappa shape index (κ1) is 13.6. The summed E-state index contributed by atoms with van der Waals surface area (Å²) in [6, 6.07) is 13.6. The van der Waals surface area contributed by atoms with E-state index in [2.05, 4.69) is 4.98 Å².